The van der Waals surface area contributed by atoms with E-state index in [9.17, 15) is 9.59 Å². The molecular weight excluding hydrogens is 323 g/mol. The maximum absolute atomic E-state index is 12.1. The van der Waals surface area contributed by atoms with E-state index in [4.69, 9.17) is 23.2 Å². The van der Waals surface area contributed by atoms with Crippen LogP contribution in [0.2, 0.25) is 10.0 Å². The van der Waals surface area contributed by atoms with E-state index in [1.807, 2.05) is 12.1 Å². The highest BCUT2D eigenvalue weighted by molar-refractivity contribution is 6.35. The molecule has 4 nitrogen and oxygen atoms in total. The van der Waals surface area contributed by atoms with E-state index in [0.29, 0.717) is 41.3 Å². The monoisotopic (exact) mass is 340 g/mol. The van der Waals surface area contributed by atoms with Crippen molar-refractivity contribution in [2.45, 2.75) is 37.6 Å². The van der Waals surface area contributed by atoms with E-state index in [1.54, 1.807) is 6.07 Å². The predicted octanol–water partition coefficient (Wildman–Crippen LogP) is 2.88. The van der Waals surface area contributed by atoms with Crippen molar-refractivity contribution in [2.75, 3.05) is 6.54 Å². The Morgan fingerprint density at radius 2 is 2.18 bits per heavy atom. The van der Waals surface area contributed by atoms with Gasteiger partial charge in [-0.3, -0.25) is 9.59 Å². The summed E-state index contributed by atoms with van der Waals surface area (Å²) in [5.41, 5.74) is 1.09. The van der Waals surface area contributed by atoms with Crippen LogP contribution in [0.1, 0.15) is 37.2 Å². The first-order chi connectivity index (χ1) is 10.5. The molecule has 1 aliphatic carbocycles. The highest BCUT2D eigenvalue weighted by Crippen LogP contribution is 2.49. The molecule has 2 fully saturated rings. The molecule has 2 aliphatic rings. The number of carbonyl (C=O) groups excluding carboxylic acids is 2. The van der Waals surface area contributed by atoms with E-state index in [0.717, 1.165) is 18.4 Å². The summed E-state index contributed by atoms with van der Waals surface area (Å²) in [6, 6.07) is 5.18. The summed E-state index contributed by atoms with van der Waals surface area (Å²) in [7, 11) is 0. The number of nitrogens with one attached hydrogen (secondary N) is 2. The zero-order valence-electron chi connectivity index (χ0n) is 12.1. The standard InChI is InChI=1S/C16H18Cl2N2O2/c17-10-4-5-11(13(18)7-10)12-6-9(12)8-19-16(22)14-2-1-3-15(21)20-14/h4-5,7,9,12,14H,1-3,6,8H2,(H,19,22)(H,20,21)/t9-,12+,14+/m0/s1. The minimum Gasteiger partial charge on any atom is -0.354 e. The molecule has 22 heavy (non-hydrogen) atoms. The van der Waals surface area contributed by atoms with Gasteiger partial charge in [0.15, 0.2) is 0 Å². The number of benzene rings is 1. The van der Waals surface area contributed by atoms with Crippen molar-refractivity contribution < 1.29 is 9.59 Å². The fourth-order valence-corrected chi connectivity index (χ4v) is 3.56. The largest absolute Gasteiger partial charge is 0.354 e. The molecule has 3 atom stereocenters. The van der Waals surface area contributed by atoms with E-state index >= 15 is 0 Å². The summed E-state index contributed by atoms with van der Waals surface area (Å²) >= 11 is 12.1. The summed E-state index contributed by atoms with van der Waals surface area (Å²) in [6.45, 7) is 0.620. The average Bonchev–Trinajstić information content (AvgIpc) is 3.24. The molecule has 1 saturated heterocycles. The van der Waals surface area contributed by atoms with Crippen LogP contribution in [-0.2, 0) is 9.59 Å². The Morgan fingerprint density at radius 3 is 2.91 bits per heavy atom. The molecule has 0 aromatic heterocycles. The first-order valence-electron chi connectivity index (χ1n) is 7.56. The Hall–Kier alpha value is -1.26. The van der Waals surface area contributed by atoms with Gasteiger partial charge in [-0.1, -0.05) is 29.3 Å². The van der Waals surface area contributed by atoms with Gasteiger partial charge in [-0.15, -0.1) is 0 Å². The Labute approximate surface area is 139 Å². The number of piperidine rings is 1. The number of rotatable bonds is 4. The van der Waals surface area contributed by atoms with Crippen LogP contribution in [0.25, 0.3) is 0 Å². The van der Waals surface area contributed by atoms with Crippen molar-refractivity contribution in [1.82, 2.24) is 10.6 Å². The van der Waals surface area contributed by atoms with Gasteiger partial charge in [0.05, 0.1) is 0 Å². The Kier molecular flexibility index (Phi) is 4.59. The van der Waals surface area contributed by atoms with Gasteiger partial charge in [-0.25, -0.2) is 0 Å². The molecule has 118 valence electrons. The van der Waals surface area contributed by atoms with Crippen molar-refractivity contribution >= 4 is 35.0 Å². The van der Waals surface area contributed by atoms with Crippen LogP contribution in [0.15, 0.2) is 18.2 Å². The highest BCUT2D eigenvalue weighted by atomic mass is 35.5. The summed E-state index contributed by atoms with van der Waals surface area (Å²) in [6.07, 6.45) is 3.02. The van der Waals surface area contributed by atoms with Crippen LogP contribution in [0.4, 0.5) is 0 Å². The van der Waals surface area contributed by atoms with Gasteiger partial charge in [0, 0.05) is 23.0 Å². The minimum atomic E-state index is -0.377. The lowest BCUT2D eigenvalue weighted by atomic mass is 10.0. The highest BCUT2D eigenvalue weighted by Gasteiger charge is 2.39. The zero-order valence-corrected chi connectivity index (χ0v) is 13.6. The molecule has 0 spiro atoms. The predicted molar refractivity (Wildman–Crippen MR) is 86.1 cm³/mol. The first-order valence-corrected chi connectivity index (χ1v) is 8.32. The van der Waals surface area contributed by atoms with Crippen LogP contribution in [0.5, 0.6) is 0 Å². The van der Waals surface area contributed by atoms with Crippen molar-refractivity contribution in [2.24, 2.45) is 5.92 Å². The number of halogens is 2. The van der Waals surface area contributed by atoms with Gasteiger partial charge < -0.3 is 10.6 Å². The van der Waals surface area contributed by atoms with E-state index in [-0.39, 0.29) is 17.9 Å². The Bertz CT molecular complexity index is 606. The third-order valence-electron chi connectivity index (χ3n) is 4.37. The minimum absolute atomic E-state index is 0.0383. The molecule has 0 bridgehead atoms. The normalized spacial score (nSPS) is 27.2. The molecule has 1 aliphatic heterocycles. The van der Waals surface area contributed by atoms with E-state index < -0.39 is 0 Å². The summed E-state index contributed by atoms with van der Waals surface area (Å²) in [5.74, 6) is 0.664. The molecule has 1 heterocycles. The van der Waals surface area contributed by atoms with Gasteiger partial charge in [-0.05, 0) is 48.8 Å². The van der Waals surface area contributed by atoms with Crippen molar-refractivity contribution in [3.63, 3.8) is 0 Å². The number of hydrogen-bond acceptors (Lipinski definition) is 2. The summed E-state index contributed by atoms with van der Waals surface area (Å²) < 4.78 is 0. The zero-order chi connectivity index (χ0) is 15.7. The third-order valence-corrected chi connectivity index (χ3v) is 4.93. The fourth-order valence-electron chi connectivity index (χ4n) is 3.01. The van der Waals surface area contributed by atoms with Gasteiger partial charge >= 0.3 is 0 Å². The van der Waals surface area contributed by atoms with Gasteiger partial charge in [0.25, 0.3) is 0 Å². The van der Waals surface area contributed by atoms with Crippen molar-refractivity contribution in [1.29, 1.82) is 0 Å². The van der Waals surface area contributed by atoms with E-state index in [2.05, 4.69) is 10.6 Å². The smallest absolute Gasteiger partial charge is 0.242 e. The summed E-state index contributed by atoms with van der Waals surface area (Å²) in [4.78, 5) is 23.4. The second-order valence-corrected chi connectivity index (χ2v) is 6.87. The SMILES string of the molecule is O=C1CCC[C@H](C(=O)NC[C@@H]2C[C@H]2c2ccc(Cl)cc2Cl)N1. The second kappa shape index (κ2) is 6.47. The molecule has 1 aromatic rings. The molecule has 0 unspecified atom stereocenters. The van der Waals surface area contributed by atoms with Gasteiger partial charge in [0.2, 0.25) is 11.8 Å². The molecular formula is C16H18Cl2N2O2. The average molecular weight is 341 g/mol. The van der Waals surface area contributed by atoms with Gasteiger partial charge in [-0.2, -0.15) is 0 Å². The fraction of sp³-hybridized carbons (Fsp3) is 0.500. The molecule has 2 N–H and O–H groups in total. The second-order valence-electron chi connectivity index (χ2n) is 6.03. The van der Waals surface area contributed by atoms with Crippen molar-refractivity contribution in [3.8, 4) is 0 Å². The lowest BCUT2D eigenvalue weighted by Gasteiger charge is -2.22. The molecule has 1 aromatic carbocycles. The molecule has 2 amide bonds. The topological polar surface area (TPSA) is 58.2 Å². The Morgan fingerprint density at radius 1 is 1.36 bits per heavy atom. The lowest BCUT2D eigenvalue weighted by Crippen LogP contribution is -2.49. The number of amides is 2. The Balaban J connectivity index is 1.49. The number of hydrogen-bond donors (Lipinski definition) is 2. The van der Waals surface area contributed by atoms with Crippen LogP contribution < -0.4 is 10.6 Å². The lowest BCUT2D eigenvalue weighted by molar-refractivity contribution is -0.131. The maximum Gasteiger partial charge on any atom is 0.242 e. The molecule has 0 radical (unpaired) electrons. The van der Waals surface area contributed by atoms with Crippen LogP contribution in [-0.4, -0.2) is 24.4 Å². The first kappa shape index (κ1) is 15.6. The maximum atomic E-state index is 12.1. The number of carbonyl (C=O) groups is 2. The molecule has 1 saturated carbocycles. The quantitative estimate of drug-likeness (QED) is 0.885. The summed E-state index contributed by atoms with van der Waals surface area (Å²) in [5, 5.41) is 6.99. The van der Waals surface area contributed by atoms with Gasteiger partial charge in [0.1, 0.15) is 6.04 Å². The molecule has 6 heteroatoms. The molecule has 3 rings (SSSR count). The van der Waals surface area contributed by atoms with E-state index in [1.165, 1.54) is 0 Å². The van der Waals surface area contributed by atoms with Crippen molar-refractivity contribution in [3.05, 3.63) is 33.8 Å². The van der Waals surface area contributed by atoms with Crippen LogP contribution in [0, 0.1) is 5.92 Å². The van der Waals surface area contributed by atoms with Crippen LogP contribution in [0.3, 0.4) is 0 Å². The van der Waals surface area contributed by atoms with Crippen LogP contribution >= 0.6 is 23.2 Å². The third kappa shape index (κ3) is 3.55.